The molecule has 18 nitrogen and oxygen atoms in total. The maximum Gasteiger partial charge on any atom is 0.407 e. The number of carbonyl (C=O) groups is 3. The second-order valence-electron chi connectivity index (χ2n) is 18.5. The lowest BCUT2D eigenvalue weighted by atomic mass is 9.86. The number of aryl methyl sites for hydroxylation is 2. The number of nitrogens with zero attached hydrogens (tertiary/aromatic N) is 8. The molecular formula is C51H52N8O10. The summed E-state index contributed by atoms with van der Waals surface area (Å²) in [4.78, 5) is 61.1. The van der Waals surface area contributed by atoms with Gasteiger partial charge in [-0.3, -0.25) is 9.59 Å². The molecule has 3 aliphatic heterocycles. The largest absolute Gasteiger partial charge is 0.508 e. The van der Waals surface area contributed by atoms with Crippen LogP contribution in [0.4, 0.5) is 4.79 Å². The molecule has 4 aromatic heterocycles. The number of hydrogen-bond donors (Lipinski definition) is 5. The molecule has 0 bridgehead atoms. The number of likely N-dealkylation sites (tertiary alicyclic amines) is 1. The van der Waals surface area contributed by atoms with E-state index in [0.717, 1.165) is 33.0 Å². The van der Waals surface area contributed by atoms with Gasteiger partial charge in [0.2, 0.25) is 5.91 Å². The smallest absolute Gasteiger partial charge is 0.407 e. The van der Waals surface area contributed by atoms with Crippen LogP contribution < -0.4 is 5.56 Å². The first kappa shape index (κ1) is 45.1. The molecule has 0 spiro atoms. The molecule has 1 fully saturated rings. The highest BCUT2D eigenvalue weighted by Gasteiger charge is 2.45. The quantitative estimate of drug-likeness (QED) is 0.0856. The van der Waals surface area contributed by atoms with Crippen LogP contribution in [0.25, 0.3) is 50.3 Å². The summed E-state index contributed by atoms with van der Waals surface area (Å²) in [6.45, 7) is 8.95. The number of carboxylic acid groups (broad SMARTS) is 1. The Labute approximate surface area is 395 Å². The Morgan fingerprint density at radius 2 is 1.72 bits per heavy atom. The number of fused-ring (bicyclic) bond motifs is 6. The maximum absolute atomic E-state index is 13.8. The van der Waals surface area contributed by atoms with Crippen molar-refractivity contribution >= 4 is 39.8 Å². The number of ether oxygens (including phenoxy) is 1. The number of aliphatic hydroxyl groups is 1. The van der Waals surface area contributed by atoms with Crippen LogP contribution >= 0.6 is 0 Å². The Balaban J connectivity index is 0.804. The second-order valence-corrected chi connectivity index (χ2v) is 18.5. The van der Waals surface area contributed by atoms with Crippen LogP contribution in [0.15, 0.2) is 71.7 Å². The van der Waals surface area contributed by atoms with Crippen molar-refractivity contribution in [2.24, 2.45) is 0 Å². The number of carbonyl (C=O) groups excluding carboxylic acids is 2. The Morgan fingerprint density at radius 1 is 0.942 bits per heavy atom. The lowest BCUT2D eigenvalue weighted by molar-refractivity contribution is -0.172. The minimum atomic E-state index is -1.93. The van der Waals surface area contributed by atoms with Gasteiger partial charge in [-0.15, -0.1) is 5.10 Å². The van der Waals surface area contributed by atoms with Crippen LogP contribution in [0.3, 0.4) is 0 Å². The molecule has 1 saturated heterocycles. The average molecular weight is 937 g/mol. The van der Waals surface area contributed by atoms with Gasteiger partial charge in [0.25, 0.3) is 5.56 Å². The van der Waals surface area contributed by atoms with E-state index in [0.29, 0.717) is 72.6 Å². The fourth-order valence-electron chi connectivity index (χ4n) is 10.5. The molecule has 1 atom stereocenters. The molecule has 0 aliphatic carbocycles. The van der Waals surface area contributed by atoms with E-state index in [1.807, 2.05) is 67.9 Å². The molecule has 69 heavy (non-hydrogen) atoms. The fourth-order valence-corrected chi connectivity index (χ4v) is 10.5. The molecule has 0 saturated carbocycles. The van der Waals surface area contributed by atoms with Crippen LogP contribution in [-0.4, -0.2) is 101 Å². The van der Waals surface area contributed by atoms with E-state index in [9.17, 15) is 44.7 Å². The highest BCUT2D eigenvalue weighted by molar-refractivity contribution is 5.90. The van der Waals surface area contributed by atoms with Gasteiger partial charge < -0.3 is 49.2 Å². The maximum atomic E-state index is 13.8. The summed E-state index contributed by atoms with van der Waals surface area (Å²) in [5, 5.41) is 63.4. The molecule has 7 aromatic rings. The standard InChI is InChI=1S/C51H52N8O10/c1-5-32-34-19-28(7-9-39(34)52-45-36(32)25-58-41(45)22-38-37(47(58)63)26-69-48(64)51(38,68)6-2)24-57(50(66)67)30-12-16-56(17-13-30)44(62)14-18-55-15-11-29-20-31(8-10-40(29)55)59-46(53-54-49(59)65)35-21-33(27(3)4)42(60)23-43(35)61/h7-11,15,19-23,27,30,60-61,68H,5-6,12-14,16-18,24-26H2,1-4H3,(H,54,65)(H,66,67). The molecule has 10 rings (SSSR count). The number of hydrogen-bond acceptors (Lipinski definition) is 12. The number of phenols is 2. The van der Waals surface area contributed by atoms with E-state index in [-0.39, 0.29) is 90.4 Å². The van der Waals surface area contributed by atoms with Gasteiger partial charge in [0.05, 0.1) is 40.3 Å². The number of benzene rings is 3. The lowest BCUT2D eigenvalue weighted by Crippen LogP contribution is -2.48. The molecule has 356 valence electrons. The minimum absolute atomic E-state index is 0.0311. The van der Waals surface area contributed by atoms with Crippen LogP contribution in [0, 0.1) is 0 Å². The third-order valence-corrected chi connectivity index (χ3v) is 14.3. The first-order valence-electron chi connectivity index (χ1n) is 23.3. The highest BCUT2D eigenvalue weighted by atomic mass is 16.6. The SMILES string of the molecule is CCc1c2c(nc3ccc(CN(C(=O)O)C4CCN(C(=O)CCn5ccc6cc(-n7c(O)nnc7-c7cc(C(C)C)c(O)cc7O)ccc65)CC4)cc13)-c1cc3c(c(=O)n1C2)COC(=O)C3(O)CC. The third-order valence-electron chi connectivity index (χ3n) is 14.3. The fraction of sp³-hybridized carbons (Fsp3) is 0.353. The normalized spacial score (nSPS) is 16.8. The first-order chi connectivity index (χ1) is 33.1. The van der Waals surface area contributed by atoms with E-state index in [1.165, 1.54) is 15.5 Å². The summed E-state index contributed by atoms with van der Waals surface area (Å²) in [7, 11) is 0. The summed E-state index contributed by atoms with van der Waals surface area (Å²) in [6.07, 6.45) is 2.71. The molecule has 2 amide bonds. The molecule has 18 heteroatoms. The Bertz CT molecular complexity index is 3330. The van der Waals surface area contributed by atoms with Gasteiger partial charge in [0.1, 0.15) is 18.1 Å². The van der Waals surface area contributed by atoms with Gasteiger partial charge in [-0.05, 0) is 96.8 Å². The molecule has 1 unspecified atom stereocenters. The van der Waals surface area contributed by atoms with Crippen LogP contribution in [-0.2, 0) is 52.6 Å². The Kier molecular flexibility index (Phi) is 11.2. The van der Waals surface area contributed by atoms with Gasteiger partial charge in [-0.1, -0.05) is 38.9 Å². The number of piperidine rings is 1. The minimum Gasteiger partial charge on any atom is -0.508 e. The average Bonchev–Trinajstić information content (AvgIpc) is 4.04. The van der Waals surface area contributed by atoms with Crippen molar-refractivity contribution in [1.29, 1.82) is 0 Å². The number of rotatable bonds is 11. The van der Waals surface area contributed by atoms with E-state index in [2.05, 4.69) is 10.2 Å². The summed E-state index contributed by atoms with van der Waals surface area (Å²) in [5.74, 6) is -0.903. The number of aromatic nitrogens is 6. The molecular weight excluding hydrogens is 885 g/mol. The lowest BCUT2D eigenvalue weighted by Gasteiger charge is -2.37. The molecule has 5 N–H and O–H groups in total. The van der Waals surface area contributed by atoms with E-state index in [1.54, 1.807) is 34.6 Å². The van der Waals surface area contributed by atoms with Gasteiger partial charge in [0.15, 0.2) is 11.4 Å². The number of amides is 2. The van der Waals surface area contributed by atoms with Gasteiger partial charge in [0, 0.05) is 78.3 Å². The number of esters is 1. The van der Waals surface area contributed by atoms with Crippen molar-refractivity contribution in [3.8, 4) is 46.0 Å². The third kappa shape index (κ3) is 7.49. The van der Waals surface area contributed by atoms with Crippen molar-refractivity contribution in [3.63, 3.8) is 0 Å². The van der Waals surface area contributed by atoms with Crippen molar-refractivity contribution in [2.75, 3.05) is 13.1 Å². The van der Waals surface area contributed by atoms with E-state index >= 15 is 0 Å². The number of aromatic hydroxyl groups is 3. The number of cyclic esters (lactones) is 1. The number of pyridine rings is 2. The van der Waals surface area contributed by atoms with Crippen LogP contribution in [0.2, 0.25) is 0 Å². The van der Waals surface area contributed by atoms with Crippen molar-refractivity contribution in [3.05, 3.63) is 111 Å². The monoisotopic (exact) mass is 936 g/mol. The van der Waals surface area contributed by atoms with E-state index < -0.39 is 17.7 Å². The highest BCUT2D eigenvalue weighted by Crippen LogP contribution is 2.42. The number of phenolic OH excluding ortho intramolecular Hbond substituents is 2. The van der Waals surface area contributed by atoms with Gasteiger partial charge in [-0.2, -0.15) is 0 Å². The van der Waals surface area contributed by atoms with Gasteiger partial charge in [-0.25, -0.2) is 19.1 Å². The molecule has 3 aromatic carbocycles. The summed E-state index contributed by atoms with van der Waals surface area (Å²) >= 11 is 0. The predicted molar refractivity (Wildman–Crippen MR) is 253 cm³/mol. The van der Waals surface area contributed by atoms with E-state index in [4.69, 9.17) is 9.72 Å². The van der Waals surface area contributed by atoms with Gasteiger partial charge >= 0.3 is 18.1 Å². The van der Waals surface area contributed by atoms with Crippen molar-refractivity contribution in [1.82, 2.24) is 38.7 Å². The molecule has 0 radical (unpaired) electrons. The van der Waals surface area contributed by atoms with Crippen molar-refractivity contribution < 1.29 is 44.7 Å². The zero-order valence-corrected chi connectivity index (χ0v) is 38.6. The Morgan fingerprint density at radius 3 is 2.45 bits per heavy atom. The zero-order valence-electron chi connectivity index (χ0n) is 38.6. The topological polar surface area (TPSA) is 239 Å². The zero-order chi connectivity index (χ0) is 48.6. The molecule has 7 heterocycles. The van der Waals surface area contributed by atoms with Crippen LogP contribution in [0.1, 0.15) is 92.7 Å². The Hall–Kier alpha value is -7.73. The molecule has 3 aliphatic rings. The van der Waals surface area contributed by atoms with Crippen molar-refractivity contribution in [2.45, 2.75) is 104 Å². The summed E-state index contributed by atoms with van der Waals surface area (Å²) in [5.41, 5.74) is 5.04. The predicted octanol–water partition coefficient (Wildman–Crippen LogP) is 6.65. The first-order valence-corrected chi connectivity index (χ1v) is 23.3. The van der Waals surface area contributed by atoms with Crippen LogP contribution in [0.5, 0.6) is 17.5 Å². The second kappa shape index (κ2) is 17.1. The summed E-state index contributed by atoms with van der Waals surface area (Å²) < 4.78 is 10.3. The summed E-state index contributed by atoms with van der Waals surface area (Å²) in [6, 6.07) is 17.1.